The summed E-state index contributed by atoms with van der Waals surface area (Å²) in [7, 11) is 0. The molecule has 1 rings (SSSR count). The Morgan fingerprint density at radius 1 is 1.04 bits per heavy atom. The van der Waals surface area contributed by atoms with E-state index in [1.807, 2.05) is 6.92 Å². The lowest BCUT2D eigenvalue weighted by atomic mass is 10.2. The Balaban J connectivity index is 2.38. The summed E-state index contributed by atoms with van der Waals surface area (Å²) in [6.45, 7) is 10.3. The predicted molar refractivity (Wildman–Crippen MR) is 93.8 cm³/mol. The van der Waals surface area contributed by atoms with Crippen LogP contribution in [0, 0.1) is 0 Å². The van der Waals surface area contributed by atoms with Crippen LogP contribution in [0.4, 0.5) is 5.69 Å². The topological polar surface area (TPSA) is 62.6 Å². The Morgan fingerprint density at radius 2 is 1.70 bits per heavy atom. The van der Waals surface area contributed by atoms with Crippen LogP contribution in [0.1, 0.15) is 50.4 Å². The molecular weight excluding hydrogens is 290 g/mol. The Hall–Kier alpha value is -1.88. The fraction of sp³-hybridized carbons (Fsp3) is 0.556. The van der Waals surface area contributed by atoms with Crippen molar-refractivity contribution in [3.63, 3.8) is 0 Å². The van der Waals surface area contributed by atoms with Gasteiger partial charge < -0.3 is 15.5 Å². The van der Waals surface area contributed by atoms with E-state index in [1.54, 1.807) is 29.2 Å². The van der Waals surface area contributed by atoms with Crippen LogP contribution in [0.5, 0.6) is 0 Å². The summed E-state index contributed by atoms with van der Waals surface area (Å²) < 4.78 is 0. The molecule has 23 heavy (non-hydrogen) atoms. The lowest BCUT2D eigenvalue weighted by Crippen LogP contribution is -3.11. The number of benzene rings is 1. The highest BCUT2D eigenvalue weighted by Gasteiger charge is 2.07. The molecule has 5 nitrogen and oxygen atoms in total. The van der Waals surface area contributed by atoms with Gasteiger partial charge in [-0.2, -0.15) is 0 Å². The van der Waals surface area contributed by atoms with E-state index in [2.05, 4.69) is 24.5 Å². The lowest BCUT2D eigenvalue weighted by molar-refractivity contribution is -0.896. The van der Waals surface area contributed by atoms with Crippen molar-refractivity contribution in [1.29, 1.82) is 0 Å². The zero-order valence-electron chi connectivity index (χ0n) is 14.6. The van der Waals surface area contributed by atoms with Gasteiger partial charge in [-0.05, 0) is 44.5 Å². The largest absolute Gasteiger partial charge is 0.352 e. The molecule has 5 heteroatoms. The molecule has 0 saturated carbocycles. The highest BCUT2D eigenvalue weighted by molar-refractivity contribution is 5.95. The zero-order chi connectivity index (χ0) is 17.1. The van der Waals surface area contributed by atoms with E-state index in [1.165, 1.54) is 0 Å². The van der Waals surface area contributed by atoms with Crippen LogP contribution in [-0.2, 0) is 4.79 Å². The minimum absolute atomic E-state index is 0.00334. The van der Waals surface area contributed by atoms with Crippen molar-refractivity contribution in [2.45, 2.75) is 40.0 Å². The second-order valence-electron chi connectivity index (χ2n) is 5.69. The third-order valence-electron chi connectivity index (χ3n) is 3.90. The Labute approximate surface area is 139 Å². The van der Waals surface area contributed by atoms with Gasteiger partial charge in [0.1, 0.15) is 0 Å². The smallest absolute Gasteiger partial charge is 0.251 e. The molecule has 0 saturated heterocycles. The van der Waals surface area contributed by atoms with E-state index in [0.29, 0.717) is 18.5 Å². The van der Waals surface area contributed by atoms with Gasteiger partial charge in [-0.15, -0.1) is 0 Å². The van der Waals surface area contributed by atoms with Crippen LogP contribution in [0.2, 0.25) is 0 Å². The van der Waals surface area contributed by atoms with Crippen molar-refractivity contribution in [2.24, 2.45) is 0 Å². The molecule has 0 spiro atoms. The van der Waals surface area contributed by atoms with E-state index in [9.17, 15) is 9.59 Å². The first-order valence-electron chi connectivity index (χ1n) is 8.62. The van der Waals surface area contributed by atoms with Crippen molar-refractivity contribution >= 4 is 17.5 Å². The van der Waals surface area contributed by atoms with Crippen molar-refractivity contribution in [1.82, 2.24) is 5.32 Å². The number of carbonyl (C=O) groups is 2. The number of quaternary nitrogens is 1. The second kappa shape index (κ2) is 10.8. The molecule has 2 amide bonds. The molecule has 0 bridgehead atoms. The SMILES string of the molecule is CCCC(=O)Nc1ccc(C(=O)NCCC[NH+](CC)CC)cc1. The summed E-state index contributed by atoms with van der Waals surface area (Å²) in [6, 6.07) is 7.02. The van der Waals surface area contributed by atoms with Gasteiger partial charge >= 0.3 is 0 Å². The minimum Gasteiger partial charge on any atom is -0.352 e. The Kier molecular flexibility index (Phi) is 8.98. The van der Waals surface area contributed by atoms with E-state index in [4.69, 9.17) is 0 Å². The normalized spacial score (nSPS) is 10.6. The van der Waals surface area contributed by atoms with Crippen LogP contribution in [0.25, 0.3) is 0 Å². The van der Waals surface area contributed by atoms with Gasteiger partial charge in [0.2, 0.25) is 5.91 Å². The van der Waals surface area contributed by atoms with Gasteiger partial charge in [0.25, 0.3) is 5.91 Å². The monoisotopic (exact) mass is 320 g/mol. The van der Waals surface area contributed by atoms with Gasteiger partial charge in [-0.1, -0.05) is 6.92 Å². The summed E-state index contributed by atoms with van der Waals surface area (Å²) in [6.07, 6.45) is 2.31. The van der Waals surface area contributed by atoms with Crippen molar-refractivity contribution in [2.75, 3.05) is 31.5 Å². The molecule has 1 aromatic rings. The summed E-state index contributed by atoms with van der Waals surface area (Å²) >= 11 is 0. The Morgan fingerprint density at radius 3 is 2.26 bits per heavy atom. The fourth-order valence-electron chi connectivity index (χ4n) is 2.40. The van der Waals surface area contributed by atoms with E-state index < -0.39 is 0 Å². The number of rotatable bonds is 10. The van der Waals surface area contributed by atoms with E-state index in [0.717, 1.165) is 38.2 Å². The van der Waals surface area contributed by atoms with Gasteiger partial charge in [0, 0.05) is 30.6 Å². The quantitative estimate of drug-likeness (QED) is 0.572. The standard InChI is InChI=1S/C18H29N3O2/c1-4-8-17(22)20-16-11-9-15(10-12-16)18(23)19-13-7-14-21(5-2)6-3/h9-12H,4-8,13-14H2,1-3H3,(H,19,23)(H,20,22)/p+1. The van der Waals surface area contributed by atoms with E-state index in [-0.39, 0.29) is 11.8 Å². The first-order valence-corrected chi connectivity index (χ1v) is 8.62. The molecule has 0 aliphatic carbocycles. The van der Waals surface area contributed by atoms with Crippen molar-refractivity contribution < 1.29 is 14.5 Å². The summed E-state index contributed by atoms with van der Waals surface area (Å²) in [5.41, 5.74) is 1.35. The molecule has 0 unspecified atom stereocenters. The molecule has 3 N–H and O–H groups in total. The van der Waals surface area contributed by atoms with Gasteiger partial charge in [0.05, 0.1) is 19.6 Å². The number of hydrogen-bond donors (Lipinski definition) is 3. The van der Waals surface area contributed by atoms with Gasteiger partial charge in [-0.3, -0.25) is 9.59 Å². The molecule has 0 atom stereocenters. The van der Waals surface area contributed by atoms with Crippen LogP contribution in [-0.4, -0.2) is 38.0 Å². The number of nitrogens with one attached hydrogen (secondary N) is 3. The molecule has 0 aliphatic heterocycles. The third-order valence-corrected chi connectivity index (χ3v) is 3.90. The number of amides is 2. The Bertz CT molecular complexity index is 482. The van der Waals surface area contributed by atoms with Crippen LogP contribution >= 0.6 is 0 Å². The zero-order valence-corrected chi connectivity index (χ0v) is 14.6. The first kappa shape index (κ1) is 19.2. The summed E-state index contributed by atoms with van der Waals surface area (Å²) in [5, 5.41) is 5.76. The van der Waals surface area contributed by atoms with E-state index >= 15 is 0 Å². The average molecular weight is 320 g/mol. The molecule has 128 valence electrons. The van der Waals surface area contributed by atoms with Gasteiger partial charge in [-0.25, -0.2) is 0 Å². The molecular formula is C18H30N3O2+. The molecule has 0 aliphatic rings. The third kappa shape index (κ3) is 7.28. The summed E-state index contributed by atoms with van der Waals surface area (Å²) in [5.74, 6) is -0.0606. The highest BCUT2D eigenvalue weighted by atomic mass is 16.2. The maximum absolute atomic E-state index is 12.1. The average Bonchev–Trinajstić information content (AvgIpc) is 2.55. The summed E-state index contributed by atoms with van der Waals surface area (Å²) in [4.78, 5) is 25.1. The minimum atomic E-state index is -0.0639. The highest BCUT2D eigenvalue weighted by Crippen LogP contribution is 2.10. The number of carbonyl (C=O) groups excluding carboxylic acids is 2. The molecule has 0 fully saturated rings. The van der Waals surface area contributed by atoms with Gasteiger partial charge in [0.15, 0.2) is 0 Å². The molecule has 0 radical (unpaired) electrons. The number of anilines is 1. The molecule has 0 aromatic heterocycles. The number of hydrogen-bond acceptors (Lipinski definition) is 2. The second-order valence-corrected chi connectivity index (χ2v) is 5.69. The molecule has 1 aromatic carbocycles. The maximum Gasteiger partial charge on any atom is 0.251 e. The van der Waals surface area contributed by atoms with Crippen LogP contribution in [0.3, 0.4) is 0 Å². The fourth-order valence-corrected chi connectivity index (χ4v) is 2.40. The lowest BCUT2D eigenvalue weighted by Gasteiger charge is -2.15. The predicted octanol–water partition coefficient (Wildman–Crippen LogP) is 1.47. The molecule has 0 heterocycles. The van der Waals surface area contributed by atoms with Crippen molar-refractivity contribution in [3.05, 3.63) is 29.8 Å². The van der Waals surface area contributed by atoms with Crippen LogP contribution < -0.4 is 15.5 Å². The van der Waals surface area contributed by atoms with Crippen molar-refractivity contribution in [3.8, 4) is 0 Å². The maximum atomic E-state index is 12.1. The first-order chi connectivity index (χ1) is 11.1. The van der Waals surface area contributed by atoms with Crippen LogP contribution in [0.15, 0.2) is 24.3 Å².